The predicted molar refractivity (Wildman–Crippen MR) is 262 cm³/mol. The molecule has 1 aromatic heterocycles. The molecule has 1 heterocycles. The Balaban J connectivity index is 0.000000296. The van der Waals surface area contributed by atoms with Gasteiger partial charge in [-0.25, -0.2) is 4.79 Å². The molecule has 1 atom stereocenters. The number of halogens is 1. The fraction of sp³-hybridized carbons (Fsp3) is 0.588. The fourth-order valence-corrected chi connectivity index (χ4v) is 10.4. The first-order chi connectivity index (χ1) is 31.2. The van der Waals surface area contributed by atoms with Crippen LogP contribution in [0.1, 0.15) is 133 Å². The highest BCUT2D eigenvalue weighted by molar-refractivity contribution is 7.10. The standard InChI is InChI=1S/C28H38ClN3O4S.C23H37N3O2/c1-4-36-27(35)23(19-20-10-12-21(29)13-11-20)31-26(34)9-5-8-25(33)30-22-14-16-28(17-15-22,32(2)3)24-7-6-18-37-24;1-4-5-9-18-24-21(27)12-13-22(28)25-20-14-16-23(17-15-20,26(2)3)19-10-7-6-8-11-19/h6-7,10-13,18,22-23H,4-5,8-9,14-17,19H2,1-3H3,(H,30,33)(H,31,34);6-8,10-11,20H,4-5,9,12-18H2,1-3H3,(H,24,27)(H,25,28). The van der Waals surface area contributed by atoms with E-state index in [-0.39, 0.29) is 79.1 Å². The van der Waals surface area contributed by atoms with E-state index >= 15 is 0 Å². The van der Waals surface area contributed by atoms with Crippen molar-refractivity contribution in [2.45, 2.75) is 152 Å². The molecule has 2 aliphatic rings. The molecule has 2 aliphatic carbocycles. The number of nitrogens with zero attached hydrogens (tertiary/aromatic N) is 2. The number of nitrogens with one attached hydrogen (secondary N) is 4. The number of hydrogen-bond donors (Lipinski definition) is 4. The minimum Gasteiger partial charge on any atom is -0.464 e. The second-order valence-electron chi connectivity index (χ2n) is 18.0. The lowest BCUT2D eigenvalue weighted by atomic mass is 9.74. The molecule has 2 saturated carbocycles. The Morgan fingerprint density at radius 1 is 0.692 bits per heavy atom. The molecular formula is C51H75ClN6O6S. The first-order valence-corrected chi connectivity index (χ1v) is 25.0. The molecule has 4 N–H and O–H groups in total. The summed E-state index contributed by atoms with van der Waals surface area (Å²) in [7, 11) is 8.55. The van der Waals surface area contributed by atoms with Crippen LogP contribution in [-0.4, -0.2) is 98.9 Å². The Morgan fingerprint density at radius 2 is 1.26 bits per heavy atom. The van der Waals surface area contributed by atoms with Gasteiger partial charge in [0.1, 0.15) is 6.04 Å². The molecule has 3 aromatic rings. The summed E-state index contributed by atoms with van der Waals surface area (Å²) in [4.78, 5) is 67.6. The van der Waals surface area contributed by atoms with Crippen LogP contribution >= 0.6 is 22.9 Å². The summed E-state index contributed by atoms with van der Waals surface area (Å²) in [5, 5.41) is 14.7. The van der Waals surface area contributed by atoms with Gasteiger partial charge in [0.15, 0.2) is 0 Å². The Morgan fingerprint density at radius 3 is 1.82 bits per heavy atom. The molecule has 12 nitrogen and oxygen atoms in total. The van der Waals surface area contributed by atoms with Gasteiger partial charge in [-0.1, -0.05) is 79.9 Å². The second-order valence-corrected chi connectivity index (χ2v) is 19.4. The van der Waals surface area contributed by atoms with E-state index in [4.69, 9.17) is 16.3 Å². The smallest absolute Gasteiger partial charge is 0.328 e. The summed E-state index contributed by atoms with van der Waals surface area (Å²) >= 11 is 7.73. The number of amides is 4. The predicted octanol–water partition coefficient (Wildman–Crippen LogP) is 8.27. The number of ether oxygens (including phenoxy) is 1. The van der Waals surface area contributed by atoms with Crippen molar-refractivity contribution in [1.82, 2.24) is 31.1 Å². The van der Waals surface area contributed by atoms with Crippen LogP contribution in [0.5, 0.6) is 0 Å². The van der Waals surface area contributed by atoms with Gasteiger partial charge in [0, 0.05) is 66.2 Å². The normalized spacial score (nSPS) is 21.1. The topological polar surface area (TPSA) is 149 Å². The molecule has 65 heavy (non-hydrogen) atoms. The fourth-order valence-electron chi connectivity index (χ4n) is 9.17. The zero-order valence-electron chi connectivity index (χ0n) is 39.7. The summed E-state index contributed by atoms with van der Waals surface area (Å²) in [5.41, 5.74) is 2.30. The van der Waals surface area contributed by atoms with E-state index in [1.54, 1.807) is 30.4 Å². The third kappa shape index (κ3) is 16.8. The molecule has 0 radical (unpaired) electrons. The van der Waals surface area contributed by atoms with Crippen LogP contribution in [0.3, 0.4) is 0 Å². The summed E-state index contributed by atoms with van der Waals surface area (Å²) in [6, 6.07) is 21.7. The van der Waals surface area contributed by atoms with Crippen LogP contribution in [0.25, 0.3) is 0 Å². The van der Waals surface area contributed by atoms with E-state index in [9.17, 15) is 24.0 Å². The minimum atomic E-state index is -0.787. The highest BCUT2D eigenvalue weighted by Crippen LogP contribution is 2.43. The third-order valence-electron chi connectivity index (χ3n) is 13.1. The molecule has 0 spiro atoms. The average molecular weight is 936 g/mol. The zero-order valence-corrected chi connectivity index (χ0v) is 41.3. The lowest BCUT2D eigenvalue weighted by Crippen LogP contribution is -2.48. The lowest BCUT2D eigenvalue weighted by Gasteiger charge is -2.45. The molecule has 4 amide bonds. The Kier molecular flexibility index (Phi) is 22.4. The van der Waals surface area contributed by atoms with Crippen LogP contribution < -0.4 is 21.3 Å². The molecule has 2 aromatic carbocycles. The maximum absolute atomic E-state index is 12.6. The first kappa shape index (κ1) is 53.3. The van der Waals surface area contributed by atoms with Gasteiger partial charge in [0.25, 0.3) is 0 Å². The van der Waals surface area contributed by atoms with E-state index in [2.05, 4.69) is 114 Å². The molecular weight excluding hydrogens is 860 g/mol. The van der Waals surface area contributed by atoms with Gasteiger partial charge in [-0.2, -0.15) is 0 Å². The summed E-state index contributed by atoms with van der Waals surface area (Å²) in [6.45, 7) is 4.81. The minimum absolute atomic E-state index is 0.00854. The van der Waals surface area contributed by atoms with Crippen LogP contribution in [0.15, 0.2) is 72.1 Å². The molecule has 5 rings (SSSR count). The number of esters is 1. The summed E-state index contributed by atoms with van der Waals surface area (Å²) in [5.74, 6) is -0.813. The van der Waals surface area contributed by atoms with Gasteiger partial charge < -0.3 is 26.0 Å². The first-order valence-electron chi connectivity index (χ1n) is 23.7. The molecule has 2 fully saturated rings. The van der Waals surface area contributed by atoms with E-state index in [0.29, 0.717) is 24.4 Å². The summed E-state index contributed by atoms with van der Waals surface area (Å²) in [6.07, 6.45) is 12.8. The zero-order chi connectivity index (χ0) is 47.2. The molecule has 1 unspecified atom stereocenters. The van der Waals surface area contributed by atoms with Crippen LogP contribution in [0.2, 0.25) is 5.02 Å². The molecule has 14 heteroatoms. The Bertz CT molecular complexity index is 1890. The molecule has 0 saturated heterocycles. The van der Waals surface area contributed by atoms with Gasteiger partial charge in [0.05, 0.1) is 12.1 Å². The van der Waals surface area contributed by atoms with E-state index in [1.165, 1.54) is 10.4 Å². The highest BCUT2D eigenvalue weighted by atomic mass is 35.5. The SMILES string of the molecule is CCCCCNC(=O)CCC(=O)NC1CCC(c2ccccc2)(N(C)C)CC1.CCOC(=O)C(Cc1ccc(Cl)cc1)NC(=O)CCCC(=O)NC1CCC(c2cccs2)(N(C)C)CC1. The van der Waals surface area contributed by atoms with Crippen molar-refractivity contribution in [2.75, 3.05) is 41.3 Å². The van der Waals surface area contributed by atoms with Gasteiger partial charge in [0.2, 0.25) is 23.6 Å². The number of rotatable bonds is 22. The second kappa shape index (κ2) is 27.4. The van der Waals surface area contributed by atoms with Gasteiger partial charge in [-0.05, 0) is 134 Å². The average Bonchev–Trinajstić information content (AvgIpc) is 3.85. The molecule has 358 valence electrons. The van der Waals surface area contributed by atoms with Crippen molar-refractivity contribution in [3.8, 4) is 0 Å². The van der Waals surface area contributed by atoms with Gasteiger partial charge in [-0.15, -0.1) is 11.3 Å². The number of carbonyl (C=O) groups is 5. The Hall–Kier alpha value is -4.30. The van der Waals surface area contributed by atoms with Gasteiger partial charge in [-0.3, -0.25) is 29.0 Å². The van der Waals surface area contributed by atoms with Crippen molar-refractivity contribution in [2.24, 2.45) is 0 Å². The van der Waals surface area contributed by atoms with Crippen molar-refractivity contribution in [3.05, 3.63) is 93.1 Å². The number of thiophene rings is 1. The number of benzene rings is 2. The van der Waals surface area contributed by atoms with Crippen LogP contribution in [-0.2, 0) is 46.2 Å². The maximum atomic E-state index is 12.6. The lowest BCUT2D eigenvalue weighted by molar-refractivity contribution is -0.147. The van der Waals surface area contributed by atoms with Crippen molar-refractivity contribution in [3.63, 3.8) is 0 Å². The summed E-state index contributed by atoms with van der Waals surface area (Å²) < 4.78 is 5.13. The van der Waals surface area contributed by atoms with Crippen LogP contribution in [0, 0.1) is 0 Å². The highest BCUT2D eigenvalue weighted by Gasteiger charge is 2.40. The third-order valence-corrected chi connectivity index (χ3v) is 14.4. The van der Waals surface area contributed by atoms with E-state index in [0.717, 1.165) is 76.2 Å². The van der Waals surface area contributed by atoms with Crippen molar-refractivity contribution >= 4 is 52.5 Å². The Labute approximate surface area is 397 Å². The molecule has 0 aliphatic heterocycles. The number of hydrogen-bond acceptors (Lipinski definition) is 9. The largest absolute Gasteiger partial charge is 0.464 e. The number of unbranched alkanes of at least 4 members (excludes halogenated alkanes) is 2. The maximum Gasteiger partial charge on any atom is 0.328 e. The van der Waals surface area contributed by atoms with Gasteiger partial charge >= 0.3 is 5.97 Å². The monoisotopic (exact) mass is 935 g/mol. The number of carbonyl (C=O) groups excluding carboxylic acids is 5. The van der Waals surface area contributed by atoms with Crippen LogP contribution in [0.4, 0.5) is 0 Å². The quantitative estimate of drug-likeness (QED) is 0.0582. The van der Waals surface area contributed by atoms with E-state index in [1.807, 2.05) is 12.1 Å². The molecule has 0 bridgehead atoms. The van der Waals surface area contributed by atoms with Crippen molar-refractivity contribution in [1.29, 1.82) is 0 Å². The van der Waals surface area contributed by atoms with Crippen molar-refractivity contribution < 1.29 is 28.7 Å². The van der Waals surface area contributed by atoms with E-state index < -0.39 is 12.0 Å².